The smallest absolute Gasteiger partial charge is 0.164 e. The minimum Gasteiger partial charge on any atom is -0.309 e. The second kappa shape index (κ2) is 11.9. The van der Waals surface area contributed by atoms with Crippen LogP contribution < -0.4 is 0 Å². The summed E-state index contributed by atoms with van der Waals surface area (Å²) in [5.41, 5.74) is 8.59. The average molecular weight is 651 g/mol. The van der Waals surface area contributed by atoms with Gasteiger partial charge in [-0.1, -0.05) is 164 Å². The first kappa shape index (κ1) is 29.0. The molecule has 238 valence electrons. The maximum Gasteiger partial charge on any atom is 0.164 e. The van der Waals surface area contributed by atoms with Gasteiger partial charge in [0.2, 0.25) is 0 Å². The van der Waals surface area contributed by atoms with Crippen LogP contribution in [0.3, 0.4) is 0 Å². The van der Waals surface area contributed by atoms with Crippen molar-refractivity contribution in [2.24, 2.45) is 0 Å². The Labute approximate surface area is 295 Å². The Morgan fingerprint density at radius 1 is 0.333 bits per heavy atom. The summed E-state index contributed by atoms with van der Waals surface area (Å²) in [5.74, 6) is 1.92. The highest BCUT2D eigenvalue weighted by molar-refractivity contribution is 6.22. The van der Waals surface area contributed by atoms with Crippen LogP contribution in [-0.2, 0) is 0 Å². The van der Waals surface area contributed by atoms with Gasteiger partial charge in [0.15, 0.2) is 17.5 Å². The highest BCUT2D eigenvalue weighted by atomic mass is 15.0. The van der Waals surface area contributed by atoms with Crippen LogP contribution in [0.5, 0.6) is 0 Å². The van der Waals surface area contributed by atoms with E-state index in [0.29, 0.717) is 17.5 Å². The third-order valence-electron chi connectivity index (χ3n) is 9.84. The van der Waals surface area contributed by atoms with E-state index in [1.165, 1.54) is 32.6 Å². The van der Waals surface area contributed by atoms with Gasteiger partial charge in [-0.05, 0) is 45.5 Å². The van der Waals surface area contributed by atoms with Crippen LogP contribution in [0, 0.1) is 0 Å². The van der Waals surface area contributed by atoms with Gasteiger partial charge < -0.3 is 4.57 Å². The van der Waals surface area contributed by atoms with E-state index in [0.717, 1.165) is 44.2 Å². The zero-order chi connectivity index (χ0) is 33.7. The van der Waals surface area contributed by atoms with Crippen LogP contribution in [0.15, 0.2) is 182 Å². The Bertz CT molecular complexity index is 2890. The first-order chi connectivity index (χ1) is 25.3. The van der Waals surface area contributed by atoms with Crippen LogP contribution >= 0.6 is 0 Å². The van der Waals surface area contributed by atoms with Crippen molar-refractivity contribution < 1.29 is 0 Å². The first-order valence-electron chi connectivity index (χ1n) is 17.2. The molecular formula is C47H30N4. The molecule has 2 aromatic heterocycles. The van der Waals surface area contributed by atoms with E-state index in [1.54, 1.807) is 0 Å². The lowest BCUT2D eigenvalue weighted by Gasteiger charge is -2.11. The summed E-state index contributed by atoms with van der Waals surface area (Å²) in [6, 6.07) is 63.9. The molecule has 10 aromatic rings. The number of hydrogen-bond acceptors (Lipinski definition) is 3. The standard InChI is InChI=1S/C47H30N4/c1-3-15-34(16-4-1)45-48-46(35-27-25-33(26-28-35)38-22-11-17-31-13-7-9-20-37(31)38)50-47(49-45)41-23-12-24-42-43(41)40-30-29-32-14-8-10-21-39(32)44(40)51(42)36-18-5-2-6-19-36/h1-30H. The lowest BCUT2D eigenvalue weighted by atomic mass is 9.97. The molecule has 2 heterocycles. The summed E-state index contributed by atoms with van der Waals surface area (Å²) in [6.45, 7) is 0. The van der Waals surface area contributed by atoms with Crippen molar-refractivity contribution in [2.45, 2.75) is 0 Å². The molecule has 4 heteroatoms. The van der Waals surface area contributed by atoms with Crippen molar-refractivity contribution in [2.75, 3.05) is 0 Å². The number of benzene rings is 8. The van der Waals surface area contributed by atoms with E-state index in [4.69, 9.17) is 15.0 Å². The predicted octanol–water partition coefficient (Wildman–Crippen LogP) is 11.9. The Morgan fingerprint density at radius 3 is 1.65 bits per heavy atom. The van der Waals surface area contributed by atoms with E-state index >= 15 is 0 Å². The average Bonchev–Trinajstić information content (AvgIpc) is 3.56. The first-order valence-corrected chi connectivity index (χ1v) is 17.2. The Hall–Kier alpha value is -6.91. The molecule has 0 saturated carbocycles. The minimum atomic E-state index is 0.637. The monoisotopic (exact) mass is 650 g/mol. The minimum absolute atomic E-state index is 0.637. The molecule has 0 amide bonds. The molecule has 0 radical (unpaired) electrons. The molecule has 0 unspecified atom stereocenters. The molecule has 0 saturated heterocycles. The van der Waals surface area contributed by atoms with Gasteiger partial charge in [-0.2, -0.15) is 0 Å². The molecule has 51 heavy (non-hydrogen) atoms. The lowest BCUT2D eigenvalue weighted by molar-refractivity contribution is 1.08. The fourth-order valence-electron chi connectivity index (χ4n) is 7.48. The summed E-state index contributed by atoms with van der Waals surface area (Å²) in [6.07, 6.45) is 0. The number of hydrogen-bond donors (Lipinski definition) is 0. The van der Waals surface area contributed by atoms with Crippen molar-refractivity contribution >= 4 is 43.4 Å². The molecule has 0 aliphatic carbocycles. The van der Waals surface area contributed by atoms with Gasteiger partial charge in [0, 0.05) is 38.5 Å². The molecular weight excluding hydrogens is 621 g/mol. The molecule has 4 nitrogen and oxygen atoms in total. The summed E-state index contributed by atoms with van der Waals surface area (Å²) < 4.78 is 2.38. The lowest BCUT2D eigenvalue weighted by Crippen LogP contribution is -2.00. The second-order valence-corrected chi connectivity index (χ2v) is 12.8. The fraction of sp³-hybridized carbons (Fsp3) is 0. The summed E-state index contributed by atoms with van der Waals surface area (Å²) in [5, 5.41) is 7.14. The third kappa shape index (κ3) is 4.88. The van der Waals surface area contributed by atoms with E-state index in [2.05, 4.69) is 168 Å². The van der Waals surface area contributed by atoms with Gasteiger partial charge in [0.25, 0.3) is 0 Å². The van der Waals surface area contributed by atoms with Crippen molar-refractivity contribution in [3.8, 4) is 51.0 Å². The van der Waals surface area contributed by atoms with Gasteiger partial charge in [0.1, 0.15) is 0 Å². The maximum atomic E-state index is 5.22. The van der Waals surface area contributed by atoms with Crippen LogP contribution in [0.1, 0.15) is 0 Å². The van der Waals surface area contributed by atoms with Crippen molar-refractivity contribution in [1.29, 1.82) is 0 Å². The molecule has 0 aliphatic rings. The van der Waals surface area contributed by atoms with Crippen LogP contribution in [0.2, 0.25) is 0 Å². The number of rotatable bonds is 5. The Balaban J connectivity index is 1.20. The van der Waals surface area contributed by atoms with Crippen molar-refractivity contribution in [3.05, 3.63) is 182 Å². The SMILES string of the molecule is c1ccc(-c2nc(-c3ccc(-c4cccc5ccccc45)cc3)nc(-c3cccc4c3c3ccc5ccccc5c3n4-c3ccccc3)n2)cc1. The van der Waals surface area contributed by atoms with Crippen LogP contribution in [0.4, 0.5) is 0 Å². The van der Waals surface area contributed by atoms with Gasteiger partial charge in [0.05, 0.1) is 11.0 Å². The zero-order valence-corrected chi connectivity index (χ0v) is 27.6. The summed E-state index contributed by atoms with van der Waals surface area (Å²) in [4.78, 5) is 15.5. The molecule has 0 spiro atoms. The number of fused-ring (bicyclic) bond motifs is 6. The van der Waals surface area contributed by atoms with E-state index in [-0.39, 0.29) is 0 Å². The van der Waals surface area contributed by atoms with Gasteiger partial charge in [-0.3, -0.25) is 0 Å². The van der Waals surface area contributed by atoms with Gasteiger partial charge in [-0.25, -0.2) is 15.0 Å². The molecule has 10 rings (SSSR count). The van der Waals surface area contributed by atoms with Crippen molar-refractivity contribution in [1.82, 2.24) is 19.5 Å². The fourth-order valence-corrected chi connectivity index (χ4v) is 7.48. The normalized spacial score (nSPS) is 11.5. The number of para-hydroxylation sites is 1. The largest absolute Gasteiger partial charge is 0.309 e. The Morgan fingerprint density at radius 2 is 0.882 bits per heavy atom. The highest BCUT2D eigenvalue weighted by Gasteiger charge is 2.21. The molecule has 0 aliphatic heterocycles. The van der Waals surface area contributed by atoms with Gasteiger partial charge in [-0.15, -0.1) is 0 Å². The molecule has 0 N–H and O–H groups in total. The summed E-state index contributed by atoms with van der Waals surface area (Å²) in [7, 11) is 0. The quantitative estimate of drug-likeness (QED) is 0.186. The second-order valence-electron chi connectivity index (χ2n) is 12.8. The molecule has 0 atom stereocenters. The number of aromatic nitrogens is 4. The Kier molecular flexibility index (Phi) is 6.78. The topological polar surface area (TPSA) is 43.6 Å². The van der Waals surface area contributed by atoms with Crippen LogP contribution in [0.25, 0.3) is 94.3 Å². The summed E-state index contributed by atoms with van der Waals surface area (Å²) >= 11 is 0. The molecule has 0 fully saturated rings. The maximum absolute atomic E-state index is 5.22. The van der Waals surface area contributed by atoms with E-state index in [1.807, 2.05) is 18.2 Å². The third-order valence-corrected chi connectivity index (χ3v) is 9.84. The van der Waals surface area contributed by atoms with Gasteiger partial charge >= 0.3 is 0 Å². The van der Waals surface area contributed by atoms with E-state index in [9.17, 15) is 0 Å². The molecule has 0 bridgehead atoms. The number of nitrogens with zero attached hydrogens (tertiary/aromatic N) is 4. The van der Waals surface area contributed by atoms with E-state index < -0.39 is 0 Å². The van der Waals surface area contributed by atoms with Crippen molar-refractivity contribution in [3.63, 3.8) is 0 Å². The molecule has 8 aromatic carbocycles. The highest BCUT2D eigenvalue weighted by Crippen LogP contribution is 2.41. The van der Waals surface area contributed by atoms with Crippen LogP contribution in [-0.4, -0.2) is 19.5 Å². The predicted molar refractivity (Wildman–Crippen MR) is 211 cm³/mol. The zero-order valence-electron chi connectivity index (χ0n) is 27.6.